The fourth-order valence-corrected chi connectivity index (χ4v) is 9.27. The molecule has 0 saturated carbocycles. The molecule has 0 atom stereocenters. The third-order valence-corrected chi connectivity index (χ3v) is 12.1. The van der Waals surface area contributed by atoms with E-state index in [4.69, 9.17) is 8.83 Å². The summed E-state index contributed by atoms with van der Waals surface area (Å²) in [5, 5.41) is 15.5. The molecule has 6 heteroatoms. The van der Waals surface area contributed by atoms with Crippen molar-refractivity contribution >= 4 is 66.9 Å². The van der Waals surface area contributed by atoms with Crippen LogP contribution in [-0.2, 0) is 4.57 Å². The van der Waals surface area contributed by atoms with Gasteiger partial charge in [0.2, 0.25) is 0 Å². The molecule has 0 spiro atoms. The van der Waals surface area contributed by atoms with Gasteiger partial charge in [0.25, 0.3) is 0 Å². The van der Waals surface area contributed by atoms with Crippen LogP contribution in [0.4, 0.5) is 0 Å². The molecule has 3 aromatic heterocycles. The molecule has 48 heavy (non-hydrogen) atoms. The van der Waals surface area contributed by atoms with E-state index in [0.29, 0.717) is 10.9 Å². The summed E-state index contributed by atoms with van der Waals surface area (Å²) in [6, 6.07) is 47.5. The number of rotatable bonds is 5. The molecule has 0 bridgehead atoms. The van der Waals surface area contributed by atoms with Crippen molar-refractivity contribution in [3.8, 4) is 28.3 Å². The van der Waals surface area contributed by atoms with E-state index in [9.17, 15) is 5.26 Å². The Morgan fingerprint density at radius 2 is 0.938 bits per heavy atom. The molecule has 9 rings (SSSR count). The van der Waals surface area contributed by atoms with Gasteiger partial charge in [-0.2, -0.15) is 5.26 Å². The molecule has 5 nitrogen and oxygen atoms in total. The first-order chi connectivity index (χ1) is 23.6. The fraction of sp³-hybridized carbons (Fsp3) is 0. The Labute approximate surface area is 275 Å². The second-order valence-electron chi connectivity index (χ2n) is 11.9. The molecule has 226 valence electrons. The maximum atomic E-state index is 15.0. The van der Waals surface area contributed by atoms with Crippen LogP contribution in [0, 0.1) is 11.3 Å². The average Bonchev–Trinajstić information content (AvgIpc) is 3.71. The maximum Gasteiger partial charge on any atom is 0.172 e. The molecule has 0 aliphatic heterocycles. The Morgan fingerprint density at radius 3 is 1.44 bits per heavy atom. The van der Waals surface area contributed by atoms with Gasteiger partial charge in [-0.05, 0) is 77.4 Å². The number of hydrogen-bond acceptors (Lipinski definition) is 5. The Kier molecular flexibility index (Phi) is 6.40. The van der Waals surface area contributed by atoms with Crippen molar-refractivity contribution in [1.29, 1.82) is 5.26 Å². The third kappa shape index (κ3) is 4.47. The number of pyridine rings is 1. The first kappa shape index (κ1) is 28.0. The zero-order valence-electron chi connectivity index (χ0n) is 25.5. The summed E-state index contributed by atoms with van der Waals surface area (Å²) in [4.78, 5) is 4.59. The zero-order chi connectivity index (χ0) is 32.2. The van der Waals surface area contributed by atoms with Gasteiger partial charge in [0.1, 0.15) is 22.3 Å². The quantitative estimate of drug-likeness (QED) is 0.176. The van der Waals surface area contributed by atoms with Crippen LogP contribution >= 0.6 is 7.14 Å². The van der Waals surface area contributed by atoms with Crippen molar-refractivity contribution in [3.05, 3.63) is 157 Å². The van der Waals surface area contributed by atoms with Crippen molar-refractivity contribution in [1.82, 2.24) is 4.98 Å². The molecule has 0 N–H and O–H groups in total. The van der Waals surface area contributed by atoms with Gasteiger partial charge >= 0.3 is 0 Å². The lowest BCUT2D eigenvalue weighted by molar-refractivity contribution is 0.592. The van der Waals surface area contributed by atoms with Crippen molar-refractivity contribution < 1.29 is 13.4 Å². The highest BCUT2D eigenvalue weighted by Crippen LogP contribution is 2.43. The first-order valence-corrected chi connectivity index (χ1v) is 17.3. The van der Waals surface area contributed by atoms with E-state index in [2.05, 4.69) is 41.4 Å². The van der Waals surface area contributed by atoms with E-state index >= 15 is 4.57 Å². The van der Waals surface area contributed by atoms with Crippen LogP contribution in [0.15, 0.2) is 161 Å². The number of benzene rings is 6. The summed E-state index contributed by atoms with van der Waals surface area (Å²) < 4.78 is 27.3. The van der Waals surface area contributed by atoms with Gasteiger partial charge in [-0.3, -0.25) is 4.98 Å². The van der Waals surface area contributed by atoms with E-state index < -0.39 is 7.14 Å². The normalized spacial score (nSPS) is 11.8. The molecule has 0 aliphatic rings. The van der Waals surface area contributed by atoms with Crippen molar-refractivity contribution in [2.24, 2.45) is 0 Å². The highest BCUT2D eigenvalue weighted by molar-refractivity contribution is 7.85. The predicted molar refractivity (Wildman–Crippen MR) is 194 cm³/mol. The summed E-state index contributed by atoms with van der Waals surface area (Å²) in [7, 11) is -3.18. The van der Waals surface area contributed by atoms with Crippen LogP contribution in [0.3, 0.4) is 0 Å². The minimum atomic E-state index is -3.18. The largest absolute Gasteiger partial charge is 0.456 e. The average molecular weight is 637 g/mol. The monoisotopic (exact) mass is 636 g/mol. The highest BCUT2D eigenvalue weighted by atomic mass is 31.2. The number of nitrogens with zero attached hydrogens (tertiary/aromatic N) is 2. The lowest BCUT2D eigenvalue weighted by Gasteiger charge is -2.20. The van der Waals surface area contributed by atoms with Crippen LogP contribution in [-0.4, -0.2) is 4.98 Å². The highest BCUT2D eigenvalue weighted by Gasteiger charge is 2.30. The number of nitriles is 1. The molecular weight excluding hydrogens is 611 g/mol. The molecule has 0 saturated heterocycles. The SMILES string of the molecule is N#Cc1ccc2oc3ccc(-c4ccc5oc6ccc(-c7cncc(P(=O)(c8ccccc8)c8ccccc8)c7)cc6c5c4)cc3c2c1. The van der Waals surface area contributed by atoms with Gasteiger partial charge in [-0.1, -0.05) is 78.9 Å². The minimum Gasteiger partial charge on any atom is -0.456 e. The van der Waals surface area contributed by atoms with Crippen molar-refractivity contribution in [2.45, 2.75) is 0 Å². The van der Waals surface area contributed by atoms with Gasteiger partial charge < -0.3 is 13.4 Å². The number of fused-ring (bicyclic) bond motifs is 6. The van der Waals surface area contributed by atoms with E-state index in [0.717, 1.165) is 76.7 Å². The molecule has 0 amide bonds. The second kappa shape index (κ2) is 11.0. The Balaban J connectivity index is 1.15. The van der Waals surface area contributed by atoms with Crippen LogP contribution in [0.5, 0.6) is 0 Å². The molecule has 9 aromatic rings. The van der Waals surface area contributed by atoms with Gasteiger partial charge in [-0.15, -0.1) is 0 Å². The Hall–Kier alpha value is -6.21. The Bertz CT molecular complexity index is 2730. The lowest BCUT2D eigenvalue weighted by atomic mass is 9.99. The summed E-state index contributed by atoms with van der Waals surface area (Å²) in [6.45, 7) is 0. The number of hydrogen-bond donors (Lipinski definition) is 0. The topological polar surface area (TPSA) is 80.0 Å². The molecule has 0 unspecified atom stereocenters. The first-order valence-electron chi connectivity index (χ1n) is 15.6. The summed E-state index contributed by atoms with van der Waals surface area (Å²) in [5.41, 5.74) is 7.63. The number of furan rings is 2. The molecule has 6 aromatic carbocycles. The van der Waals surface area contributed by atoms with Crippen LogP contribution in [0.1, 0.15) is 5.56 Å². The predicted octanol–water partition coefficient (Wildman–Crippen LogP) is 9.73. The molecular formula is C42H25N2O3P. The van der Waals surface area contributed by atoms with E-state index in [1.54, 1.807) is 12.3 Å². The zero-order valence-corrected chi connectivity index (χ0v) is 26.4. The molecule has 0 radical (unpaired) electrons. The third-order valence-electron chi connectivity index (χ3n) is 9.06. The van der Waals surface area contributed by atoms with Crippen LogP contribution in [0.25, 0.3) is 66.1 Å². The van der Waals surface area contributed by atoms with Crippen molar-refractivity contribution in [2.75, 3.05) is 0 Å². The fourth-order valence-electron chi connectivity index (χ4n) is 6.64. The van der Waals surface area contributed by atoms with Gasteiger partial charge in [0, 0.05) is 55.4 Å². The second-order valence-corrected chi connectivity index (χ2v) is 14.6. The van der Waals surface area contributed by atoms with Crippen LogP contribution < -0.4 is 15.9 Å². The Morgan fingerprint density at radius 1 is 0.479 bits per heavy atom. The summed E-state index contributed by atoms with van der Waals surface area (Å²) >= 11 is 0. The lowest BCUT2D eigenvalue weighted by Crippen LogP contribution is -2.25. The molecule has 0 aliphatic carbocycles. The van der Waals surface area contributed by atoms with Crippen LogP contribution in [0.2, 0.25) is 0 Å². The van der Waals surface area contributed by atoms with E-state index in [-0.39, 0.29) is 0 Å². The van der Waals surface area contributed by atoms with Crippen molar-refractivity contribution in [3.63, 3.8) is 0 Å². The maximum absolute atomic E-state index is 15.0. The smallest absolute Gasteiger partial charge is 0.172 e. The molecule has 3 heterocycles. The van der Waals surface area contributed by atoms with E-state index in [1.165, 1.54) is 0 Å². The summed E-state index contributed by atoms with van der Waals surface area (Å²) in [5.74, 6) is 0. The van der Waals surface area contributed by atoms with E-state index in [1.807, 2.05) is 109 Å². The number of aromatic nitrogens is 1. The van der Waals surface area contributed by atoms with Gasteiger partial charge in [0.15, 0.2) is 7.14 Å². The summed E-state index contributed by atoms with van der Waals surface area (Å²) in [6.07, 6.45) is 3.55. The minimum absolute atomic E-state index is 0.598. The standard InChI is InChI=1S/C42H25N2O3P/c43-24-27-11-15-39-35(19-27)36-21-28(12-16-40(36)46-39)29-13-17-41-37(22-29)38-23-30(14-18-42(38)47-41)31-20-34(26-44-25-31)48(45,32-7-3-1-4-8-32)33-9-5-2-6-10-33/h1-23,25-26H. The van der Waals surface area contributed by atoms with Gasteiger partial charge in [0.05, 0.1) is 11.6 Å². The van der Waals surface area contributed by atoms with Gasteiger partial charge in [-0.25, -0.2) is 0 Å². The molecule has 0 fully saturated rings.